The summed E-state index contributed by atoms with van der Waals surface area (Å²) >= 11 is 0. The summed E-state index contributed by atoms with van der Waals surface area (Å²) < 4.78 is 39.4. The summed E-state index contributed by atoms with van der Waals surface area (Å²) in [5.41, 5.74) is 5.38. The van der Waals surface area contributed by atoms with Crippen molar-refractivity contribution < 1.29 is 37.5 Å². The molecule has 3 N–H and O–H groups in total. The molecule has 0 saturated heterocycles. The average Bonchev–Trinajstić information content (AvgIpc) is 2.96. The molecule has 0 aromatic rings. The molecule has 0 aliphatic carbocycles. The van der Waals surface area contributed by atoms with Gasteiger partial charge in [0.25, 0.3) is 0 Å². The van der Waals surface area contributed by atoms with E-state index in [-0.39, 0.29) is 38.4 Å². The van der Waals surface area contributed by atoms with Gasteiger partial charge in [-0.05, 0) is 31.6 Å². The Morgan fingerprint density at radius 2 is 1.34 bits per heavy atom. The van der Waals surface area contributed by atoms with Crippen molar-refractivity contribution in [3.63, 3.8) is 0 Å². The van der Waals surface area contributed by atoms with Gasteiger partial charge in [0.15, 0.2) is 0 Å². The predicted molar refractivity (Wildman–Crippen MR) is 166 cm³/mol. The zero-order chi connectivity index (χ0) is 30.6. The fourth-order valence-corrected chi connectivity index (χ4v) is 5.51. The predicted octanol–water partition coefficient (Wildman–Crippen LogP) is 7.72. The minimum atomic E-state index is -4.23. The van der Waals surface area contributed by atoms with E-state index >= 15 is 0 Å². The molecule has 0 rings (SSSR count). The molecule has 246 valence electrons. The van der Waals surface area contributed by atoms with E-state index in [1.165, 1.54) is 84.2 Å². The maximum atomic E-state index is 12.2. The highest BCUT2D eigenvalue weighted by atomic mass is 31.2. The Balaban J connectivity index is 4.94. The molecule has 0 aliphatic rings. The third-order valence-electron chi connectivity index (χ3n) is 7.39. The number of phosphoric acid groups is 1. The third kappa shape index (κ3) is 25.7. The number of phosphoric ester groups is 1. The van der Waals surface area contributed by atoms with Crippen LogP contribution in [0.5, 0.6) is 0 Å². The van der Waals surface area contributed by atoms with Crippen molar-refractivity contribution in [3.05, 3.63) is 0 Å². The van der Waals surface area contributed by atoms with E-state index in [0.29, 0.717) is 31.8 Å². The number of carbonyl (C=O) groups is 1. The summed E-state index contributed by atoms with van der Waals surface area (Å²) in [5, 5.41) is 0. The van der Waals surface area contributed by atoms with Gasteiger partial charge >= 0.3 is 13.8 Å². The fourth-order valence-electron chi connectivity index (χ4n) is 4.75. The van der Waals surface area contributed by atoms with Gasteiger partial charge < -0.3 is 24.8 Å². The second-order valence-electron chi connectivity index (χ2n) is 11.2. The lowest BCUT2D eigenvalue weighted by Gasteiger charge is -2.27. The van der Waals surface area contributed by atoms with Crippen LogP contribution >= 0.6 is 7.82 Å². The van der Waals surface area contributed by atoms with Crippen LogP contribution in [0, 0.1) is 5.92 Å². The number of esters is 1. The topological polar surface area (TPSA) is 127 Å². The number of methoxy groups -OCH3 is 1. The second kappa shape index (κ2) is 28.2. The number of unbranched alkanes of at least 4 members (excludes halogenated alkanes) is 12. The summed E-state index contributed by atoms with van der Waals surface area (Å²) in [6.07, 6.45) is 19.8. The van der Waals surface area contributed by atoms with Crippen LogP contribution < -0.4 is 5.73 Å². The SMILES string of the molecule is CCCCCCCCCCC[C@@H](OC[C@H](COP(=O)(O)OCCN)OCCCCC(=O)OC)C(C)CCCCCC. The Hall–Kier alpha value is -0.540. The number of hydrogen-bond acceptors (Lipinski definition) is 8. The molecule has 0 saturated carbocycles. The summed E-state index contributed by atoms with van der Waals surface area (Å²) in [7, 11) is -2.85. The lowest BCUT2D eigenvalue weighted by molar-refractivity contribution is -0.140. The first-order chi connectivity index (χ1) is 19.8. The van der Waals surface area contributed by atoms with Crippen molar-refractivity contribution in [1.82, 2.24) is 0 Å². The zero-order valence-electron chi connectivity index (χ0n) is 26.8. The van der Waals surface area contributed by atoms with Gasteiger partial charge in [-0.2, -0.15) is 0 Å². The summed E-state index contributed by atoms with van der Waals surface area (Å²) in [5.74, 6) is 0.165. The van der Waals surface area contributed by atoms with Crippen LogP contribution in [0.25, 0.3) is 0 Å². The molecular formula is C31H64NO8P. The van der Waals surface area contributed by atoms with Crippen LogP contribution in [0.1, 0.15) is 136 Å². The van der Waals surface area contributed by atoms with Crippen LogP contribution in [0.2, 0.25) is 0 Å². The fraction of sp³-hybridized carbons (Fsp3) is 0.968. The van der Waals surface area contributed by atoms with E-state index < -0.39 is 13.9 Å². The Morgan fingerprint density at radius 1 is 0.756 bits per heavy atom. The third-order valence-corrected chi connectivity index (χ3v) is 8.37. The molecule has 10 heteroatoms. The number of ether oxygens (including phenoxy) is 3. The van der Waals surface area contributed by atoms with E-state index in [2.05, 4.69) is 25.5 Å². The Morgan fingerprint density at radius 3 is 1.95 bits per heavy atom. The Labute approximate surface area is 251 Å². The maximum Gasteiger partial charge on any atom is 0.472 e. The van der Waals surface area contributed by atoms with Gasteiger partial charge in [0.2, 0.25) is 0 Å². The number of nitrogens with two attached hydrogens (primary N) is 1. The second-order valence-corrected chi connectivity index (χ2v) is 12.7. The molecule has 0 spiro atoms. The molecule has 4 atom stereocenters. The monoisotopic (exact) mass is 609 g/mol. The van der Waals surface area contributed by atoms with Crippen LogP contribution in [0.3, 0.4) is 0 Å². The van der Waals surface area contributed by atoms with Crippen LogP contribution in [-0.4, -0.2) is 63.2 Å². The molecule has 0 bridgehead atoms. The molecule has 0 amide bonds. The van der Waals surface area contributed by atoms with E-state index in [4.69, 9.17) is 24.3 Å². The van der Waals surface area contributed by atoms with Crippen molar-refractivity contribution >= 4 is 13.8 Å². The van der Waals surface area contributed by atoms with Crippen molar-refractivity contribution in [3.8, 4) is 0 Å². The first-order valence-corrected chi connectivity index (χ1v) is 17.9. The van der Waals surface area contributed by atoms with Crippen LogP contribution in [0.15, 0.2) is 0 Å². The largest absolute Gasteiger partial charge is 0.472 e. The van der Waals surface area contributed by atoms with Crippen LogP contribution in [-0.2, 0) is 32.6 Å². The number of hydrogen-bond donors (Lipinski definition) is 2. The molecular weight excluding hydrogens is 545 g/mol. The smallest absolute Gasteiger partial charge is 0.469 e. The quantitative estimate of drug-likeness (QED) is 0.0461. The summed E-state index contributed by atoms with van der Waals surface area (Å²) in [6.45, 7) is 7.30. The molecule has 2 unspecified atom stereocenters. The number of carbonyl (C=O) groups excluding carboxylic acids is 1. The van der Waals surface area contributed by atoms with E-state index in [9.17, 15) is 14.3 Å². The minimum Gasteiger partial charge on any atom is -0.469 e. The molecule has 0 aliphatic heterocycles. The molecule has 41 heavy (non-hydrogen) atoms. The Bertz CT molecular complexity index is 639. The van der Waals surface area contributed by atoms with Crippen molar-refractivity contribution in [1.29, 1.82) is 0 Å². The lowest BCUT2D eigenvalue weighted by Crippen LogP contribution is -2.31. The maximum absolute atomic E-state index is 12.2. The van der Waals surface area contributed by atoms with Gasteiger partial charge in [-0.25, -0.2) is 4.57 Å². The van der Waals surface area contributed by atoms with Gasteiger partial charge in [0.1, 0.15) is 6.10 Å². The molecule has 0 fully saturated rings. The molecule has 0 aromatic heterocycles. The summed E-state index contributed by atoms with van der Waals surface area (Å²) in [6, 6.07) is 0. The van der Waals surface area contributed by atoms with E-state index in [0.717, 1.165) is 19.3 Å². The zero-order valence-corrected chi connectivity index (χ0v) is 27.7. The summed E-state index contributed by atoms with van der Waals surface area (Å²) in [4.78, 5) is 21.3. The normalized spacial score (nSPS) is 15.4. The minimum absolute atomic E-state index is 0.0698. The molecule has 0 heterocycles. The van der Waals surface area contributed by atoms with E-state index in [1.54, 1.807) is 0 Å². The van der Waals surface area contributed by atoms with Crippen molar-refractivity contribution in [2.24, 2.45) is 11.7 Å². The van der Waals surface area contributed by atoms with Gasteiger partial charge in [-0.15, -0.1) is 0 Å². The highest BCUT2D eigenvalue weighted by Gasteiger charge is 2.25. The van der Waals surface area contributed by atoms with Crippen LogP contribution in [0.4, 0.5) is 0 Å². The van der Waals surface area contributed by atoms with Gasteiger partial charge in [0, 0.05) is 19.6 Å². The molecule has 9 nitrogen and oxygen atoms in total. The van der Waals surface area contributed by atoms with Gasteiger partial charge in [-0.3, -0.25) is 13.8 Å². The number of rotatable bonds is 31. The lowest BCUT2D eigenvalue weighted by atomic mass is 9.93. The van der Waals surface area contributed by atoms with Gasteiger partial charge in [0.05, 0.1) is 33.0 Å². The van der Waals surface area contributed by atoms with E-state index in [1.807, 2.05) is 0 Å². The van der Waals surface area contributed by atoms with Gasteiger partial charge in [-0.1, -0.05) is 104 Å². The first-order valence-electron chi connectivity index (χ1n) is 16.4. The molecule has 0 radical (unpaired) electrons. The highest BCUT2D eigenvalue weighted by Crippen LogP contribution is 2.43. The molecule has 0 aromatic carbocycles. The standard InChI is InChI=1S/C31H64NO8P/c1-5-7-9-11-12-13-14-15-17-21-30(28(3)20-16-10-8-6-2)38-26-29(27-40-41(34,35)39-25-23-32)37-24-19-18-22-31(33)36-4/h28-30H,5-27,32H2,1-4H3,(H,34,35)/t28?,29-,30-/m1/s1. The van der Waals surface area contributed by atoms with Crippen molar-refractivity contribution in [2.75, 3.05) is 40.1 Å². The first kappa shape index (κ1) is 40.5. The highest BCUT2D eigenvalue weighted by molar-refractivity contribution is 7.47. The van der Waals surface area contributed by atoms with Crippen molar-refractivity contribution in [2.45, 2.75) is 149 Å². The Kier molecular flexibility index (Phi) is 27.9. The average molecular weight is 610 g/mol.